The largest absolute Gasteiger partial charge is 0.456 e. The summed E-state index contributed by atoms with van der Waals surface area (Å²) in [6, 6.07) is 60.2. The lowest BCUT2D eigenvalue weighted by Gasteiger charge is -2.25. The van der Waals surface area contributed by atoms with Crippen LogP contribution >= 0.6 is 0 Å². The maximum absolute atomic E-state index is 6.76. The van der Waals surface area contributed by atoms with Gasteiger partial charge in [-0.3, -0.25) is 0 Å². The third-order valence-electron chi connectivity index (χ3n) is 8.36. The van der Waals surface area contributed by atoms with Gasteiger partial charge in [0.1, 0.15) is 11.2 Å². The molecule has 1 heterocycles. The highest BCUT2D eigenvalue weighted by Gasteiger charge is 2.23. The van der Waals surface area contributed by atoms with Gasteiger partial charge in [0.15, 0.2) is 0 Å². The van der Waals surface area contributed by atoms with E-state index in [1.165, 1.54) is 27.5 Å². The van der Waals surface area contributed by atoms with E-state index in [0.717, 1.165) is 39.0 Å². The summed E-state index contributed by atoms with van der Waals surface area (Å²) in [6.07, 6.45) is 0. The van der Waals surface area contributed by atoms with Crippen molar-refractivity contribution in [2.75, 3.05) is 4.90 Å². The van der Waals surface area contributed by atoms with E-state index in [2.05, 4.69) is 175 Å². The summed E-state index contributed by atoms with van der Waals surface area (Å²) in [4.78, 5) is 2.27. The Morgan fingerprint density at radius 3 is 1.49 bits per heavy atom. The van der Waals surface area contributed by atoms with Crippen LogP contribution in [0, 0.1) is 0 Å². The molecular weight excluding hydrogens is 522 g/mol. The molecule has 0 saturated heterocycles. The molecule has 43 heavy (non-hydrogen) atoms. The van der Waals surface area contributed by atoms with Crippen molar-refractivity contribution in [1.82, 2.24) is 0 Å². The highest BCUT2D eigenvalue weighted by atomic mass is 16.3. The van der Waals surface area contributed by atoms with E-state index in [4.69, 9.17) is 4.42 Å². The Balaban J connectivity index is 1.36. The highest BCUT2D eigenvalue weighted by molar-refractivity contribution is 6.20. The van der Waals surface area contributed by atoms with Crippen LogP contribution < -0.4 is 4.90 Å². The van der Waals surface area contributed by atoms with Gasteiger partial charge in [0.2, 0.25) is 0 Å². The van der Waals surface area contributed by atoms with Crippen LogP contribution in [0.4, 0.5) is 17.1 Å². The Morgan fingerprint density at radius 2 is 0.907 bits per heavy atom. The van der Waals surface area contributed by atoms with Gasteiger partial charge in [0.25, 0.3) is 0 Å². The second kappa shape index (κ2) is 10.7. The van der Waals surface area contributed by atoms with Gasteiger partial charge >= 0.3 is 0 Å². The van der Waals surface area contributed by atoms with Crippen molar-refractivity contribution in [3.05, 3.63) is 187 Å². The van der Waals surface area contributed by atoms with Gasteiger partial charge in [-0.1, -0.05) is 121 Å². The van der Waals surface area contributed by atoms with Crippen LogP contribution in [0.1, 0.15) is 22.6 Å². The zero-order valence-corrected chi connectivity index (χ0v) is 23.6. The molecule has 1 aromatic heterocycles. The van der Waals surface area contributed by atoms with Gasteiger partial charge in [-0.2, -0.15) is 0 Å². The number of fused-ring (bicyclic) bond motifs is 5. The minimum absolute atomic E-state index is 0.0760. The average Bonchev–Trinajstić information content (AvgIpc) is 3.45. The third-order valence-corrected chi connectivity index (χ3v) is 8.36. The molecule has 8 rings (SSSR count). The normalized spacial score (nSPS) is 11.5. The monoisotopic (exact) mass is 551 g/mol. The van der Waals surface area contributed by atoms with E-state index in [1.54, 1.807) is 0 Å². The Bertz CT molecular complexity index is 2090. The average molecular weight is 552 g/mol. The Kier molecular flexibility index (Phi) is 6.23. The van der Waals surface area contributed by atoms with Crippen LogP contribution in [-0.2, 0) is 0 Å². The molecular formula is C41H29NO. The van der Waals surface area contributed by atoms with Gasteiger partial charge in [-0.05, 0) is 69.9 Å². The van der Waals surface area contributed by atoms with Crippen LogP contribution in [0.15, 0.2) is 174 Å². The first-order valence-electron chi connectivity index (χ1n) is 14.7. The summed E-state index contributed by atoms with van der Waals surface area (Å²) in [5.41, 5.74) is 8.81. The molecule has 7 aromatic carbocycles. The van der Waals surface area contributed by atoms with Crippen molar-refractivity contribution in [2.45, 2.75) is 5.92 Å². The van der Waals surface area contributed by atoms with E-state index in [9.17, 15) is 0 Å². The lowest BCUT2D eigenvalue weighted by molar-refractivity contribution is 0.668. The first-order valence-corrected chi connectivity index (χ1v) is 14.7. The molecule has 0 spiro atoms. The quantitative estimate of drug-likeness (QED) is 0.191. The second-order valence-electron chi connectivity index (χ2n) is 10.9. The van der Waals surface area contributed by atoms with E-state index in [-0.39, 0.29) is 5.92 Å². The maximum Gasteiger partial charge on any atom is 0.137 e. The fourth-order valence-electron chi connectivity index (χ4n) is 6.48. The number of nitrogens with zero attached hydrogens (tertiary/aromatic N) is 1. The number of rotatable bonds is 6. The number of hydrogen-bond acceptors (Lipinski definition) is 2. The topological polar surface area (TPSA) is 16.4 Å². The predicted molar refractivity (Wildman–Crippen MR) is 180 cm³/mol. The number of anilines is 3. The first kappa shape index (κ1) is 25.1. The standard InChI is InChI=1S/C41H29NO/c1-5-15-29(16-6-1)40(30-17-7-2-8-18-30)37-28-39-41(35-24-14-13-23-34(35)37)36-26-25-33(27-38(36)43-39)42(31-19-9-3-10-20-31)32-21-11-4-12-22-32/h1-28,40H. The molecule has 0 N–H and O–H groups in total. The van der Waals surface area contributed by atoms with Crippen molar-refractivity contribution in [3.8, 4) is 0 Å². The lowest BCUT2D eigenvalue weighted by atomic mass is 9.82. The number of benzene rings is 7. The molecule has 0 aliphatic heterocycles. The number of para-hydroxylation sites is 2. The Hall–Kier alpha value is -5.60. The molecule has 8 aromatic rings. The smallest absolute Gasteiger partial charge is 0.137 e. The molecule has 0 radical (unpaired) electrons. The van der Waals surface area contributed by atoms with E-state index in [1.807, 2.05) is 0 Å². The van der Waals surface area contributed by atoms with Crippen molar-refractivity contribution in [2.24, 2.45) is 0 Å². The van der Waals surface area contributed by atoms with E-state index < -0.39 is 0 Å². The number of hydrogen-bond donors (Lipinski definition) is 0. The van der Waals surface area contributed by atoms with E-state index >= 15 is 0 Å². The zero-order valence-electron chi connectivity index (χ0n) is 23.6. The molecule has 0 fully saturated rings. The Labute approximate surface area is 251 Å². The second-order valence-corrected chi connectivity index (χ2v) is 10.9. The van der Waals surface area contributed by atoms with Crippen molar-refractivity contribution < 1.29 is 4.42 Å². The van der Waals surface area contributed by atoms with E-state index in [0.29, 0.717) is 0 Å². The van der Waals surface area contributed by atoms with Crippen molar-refractivity contribution >= 4 is 49.8 Å². The molecule has 0 aliphatic carbocycles. The fraction of sp³-hybridized carbons (Fsp3) is 0.0244. The van der Waals surface area contributed by atoms with Gasteiger partial charge in [-0.15, -0.1) is 0 Å². The van der Waals surface area contributed by atoms with Crippen LogP contribution in [0.2, 0.25) is 0 Å². The molecule has 0 unspecified atom stereocenters. The summed E-state index contributed by atoms with van der Waals surface area (Å²) < 4.78 is 6.76. The fourth-order valence-corrected chi connectivity index (χ4v) is 6.48. The van der Waals surface area contributed by atoms with Crippen LogP contribution in [-0.4, -0.2) is 0 Å². The summed E-state index contributed by atoms with van der Waals surface area (Å²) in [7, 11) is 0. The van der Waals surface area contributed by atoms with Gasteiger partial charge in [0, 0.05) is 39.8 Å². The van der Waals surface area contributed by atoms with Crippen molar-refractivity contribution in [3.63, 3.8) is 0 Å². The molecule has 204 valence electrons. The molecule has 0 bridgehead atoms. The summed E-state index contributed by atoms with van der Waals surface area (Å²) >= 11 is 0. The first-order chi connectivity index (χ1) is 21.3. The molecule has 0 saturated carbocycles. The Morgan fingerprint density at radius 1 is 0.395 bits per heavy atom. The summed E-state index contributed by atoms with van der Waals surface area (Å²) in [5.74, 6) is 0.0760. The molecule has 0 amide bonds. The highest BCUT2D eigenvalue weighted by Crippen LogP contribution is 2.44. The van der Waals surface area contributed by atoms with Gasteiger partial charge < -0.3 is 9.32 Å². The minimum atomic E-state index is 0.0760. The SMILES string of the molecule is c1ccc(C(c2ccccc2)c2cc3oc4cc(N(c5ccccc5)c5ccccc5)ccc4c3c3ccccc23)cc1. The van der Waals surface area contributed by atoms with Crippen LogP contribution in [0.5, 0.6) is 0 Å². The summed E-state index contributed by atoms with van der Waals surface area (Å²) in [6.45, 7) is 0. The number of furan rings is 1. The molecule has 0 aliphatic rings. The van der Waals surface area contributed by atoms with Crippen molar-refractivity contribution in [1.29, 1.82) is 0 Å². The maximum atomic E-state index is 6.76. The molecule has 0 atom stereocenters. The third kappa shape index (κ3) is 4.45. The predicted octanol–water partition coefficient (Wildman–Crippen LogP) is 11.4. The van der Waals surface area contributed by atoms with Crippen LogP contribution in [0.3, 0.4) is 0 Å². The van der Waals surface area contributed by atoms with Gasteiger partial charge in [-0.25, -0.2) is 0 Å². The molecule has 2 heteroatoms. The minimum Gasteiger partial charge on any atom is -0.456 e. The summed E-state index contributed by atoms with van der Waals surface area (Å²) in [5, 5.41) is 4.74. The lowest BCUT2D eigenvalue weighted by Crippen LogP contribution is -2.09. The molecule has 2 nitrogen and oxygen atoms in total. The zero-order chi connectivity index (χ0) is 28.6. The van der Waals surface area contributed by atoms with Gasteiger partial charge in [0.05, 0.1) is 0 Å². The van der Waals surface area contributed by atoms with Crippen LogP contribution in [0.25, 0.3) is 32.7 Å².